The molecule has 22 heavy (non-hydrogen) atoms. The predicted octanol–water partition coefficient (Wildman–Crippen LogP) is 0.144. The predicted molar refractivity (Wildman–Crippen MR) is 73.0 cm³/mol. The highest BCUT2D eigenvalue weighted by Crippen LogP contribution is 2.68. The quantitative estimate of drug-likeness (QED) is 0.670. The average Bonchev–Trinajstić information content (AvgIpc) is 3.01. The van der Waals surface area contributed by atoms with E-state index in [1.807, 2.05) is 17.0 Å². The Morgan fingerprint density at radius 3 is 2.05 bits per heavy atom. The van der Waals surface area contributed by atoms with Crippen molar-refractivity contribution in [1.82, 2.24) is 9.88 Å². The summed E-state index contributed by atoms with van der Waals surface area (Å²) in [5.74, 6) is -1.99. The molecule has 0 aromatic carbocycles. The maximum absolute atomic E-state index is 11.4. The van der Waals surface area contributed by atoms with E-state index in [2.05, 4.69) is 4.98 Å². The van der Waals surface area contributed by atoms with Gasteiger partial charge in [0.05, 0.1) is 10.8 Å². The van der Waals surface area contributed by atoms with E-state index in [0.29, 0.717) is 19.6 Å². The molecule has 1 aromatic rings. The summed E-state index contributed by atoms with van der Waals surface area (Å²) in [4.78, 5) is 36.9. The molecule has 0 amide bonds. The van der Waals surface area contributed by atoms with Crippen molar-refractivity contribution in [1.29, 1.82) is 0 Å². The molecule has 1 aliphatic carbocycles. The molecule has 118 valence electrons. The van der Waals surface area contributed by atoms with Gasteiger partial charge in [-0.25, -0.2) is 0 Å². The van der Waals surface area contributed by atoms with Crippen molar-refractivity contribution in [2.75, 3.05) is 13.1 Å². The lowest BCUT2D eigenvalue weighted by Gasteiger charge is -2.19. The molecule has 0 spiro atoms. The highest BCUT2D eigenvalue weighted by molar-refractivity contribution is 5.94. The number of pyridine rings is 1. The van der Waals surface area contributed by atoms with E-state index >= 15 is 0 Å². The van der Waals surface area contributed by atoms with Gasteiger partial charge in [-0.1, -0.05) is 0 Å². The number of hydrogen-bond acceptors (Lipinski definition) is 5. The van der Waals surface area contributed by atoms with Crippen molar-refractivity contribution in [3.05, 3.63) is 30.1 Å². The molecule has 0 bridgehead atoms. The molecule has 2 heterocycles. The van der Waals surface area contributed by atoms with Crippen molar-refractivity contribution in [2.45, 2.75) is 13.0 Å². The topological polar surface area (TPSA) is 128 Å². The Morgan fingerprint density at radius 1 is 1.18 bits per heavy atom. The van der Waals surface area contributed by atoms with Crippen LogP contribution >= 0.6 is 0 Å². The van der Waals surface area contributed by atoms with Crippen molar-refractivity contribution in [2.24, 2.45) is 10.8 Å². The van der Waals surface area contributed by atoms with Crippen LogP contribution in [-0.4, -0.2) is 56.7 Å². The van der Waals surface area contributed by atoms with Gasteiger partial charge in [0.1, 0.15) is 0 Å². The fourth-order valence-corrected chi connectivity index (χ4v) is 3.26. The van der Waals surface area contributed by atoms with E-state index in [-0.39, 0.29) is 12.9 Å². The minimum atomic E-state index is -1.09. The fourth-order valence-electron chi connectivity index (χ4n) is 3.26. The molecule has 8 nitrogen and oxygen atoms in total. The third-order valence-corrected chi connectivity index (χ3v) is 4.36. The minimum absolute atomic E-state index is 0.248. The summed E-state index contributed by atoms with van der Waals surface area (Å²) in [5, 5.41) is 25.5. The van der Waals surface area contributed by atoms with Crippen molar-refractivity contribution in [3.8, 4) is 0 Å². The number of hydrogen-bond donors (Lipinski definition) is 3. The van der Waals surface area contributed by atoms with Crippen LogP contribution in [0.3, 0.4) is 0 Å². The van der Waals surface area contributed by atoms with Crippen LogP contribution in [0, 0.1) is 10.8 Å². The first-order valence-electron chi connectivity index (χ1n) is 6.58. The van der Waals surface area contributed by atoms with Gasteiger partial charge in [0, 0.05) is 32.0 Å². The number of fused-ring (bicyclic) bond motifs is 1. The van der Waals surface area contributed by atoms with Crippen LogP contribution in [0.4, 0.5) is 0 Å². The Morgan fingerprint density at radius 2 is 1.64 bits per heavy atom. The van der Waals surface area contributed by atoms with E-state index in [0.717, 1.165) is 5.56 Å². The standard InChI is InChI=1S/C13H14N2O4.CH2O2/c16-10(17)12-6-13(12,11(18)19)8-15(7-12)5-9-1-3-14-4-2-9;2-1-3/h1-4H,5-8H2,(H,16,17)(H,18,19);1H,(H,2,3)/t12-,13+;. The molecule has 2 fully saturated rings. The van der Waals surface area contributed by atoms with Gasteiger partial charge in [0.2, 0.25) is 0 Å². The Hall–Kier alpha value is -2.48. The molecule has 0 radical (unpaired) electrons. The van der Waals surface area contributed by atoms with Crippen LogP contribution in [0.5, 0.6) is 0 Å². The zero-order valence-corrected chi connectivity index (χ0v) is 11.7. The third kappa shape index (κ3) is 2.41. The normalized spacial score (nSPS) is 28.9. The average molecular weight is 308 g/mol. The highest BCUT2D eigenvalue weighted by Gasteiger charge is 2.80. The second kappa shape index (κ2) is 5.72. The molecular formula is C14H16N2O6. The molecular weight excluding hydrogens is 292 g/mol. The summed E-state index contributed by atoms with van der Waals surface area (Å²) in [6.45, 7) is 0.917. The van der Waals surface area contributed by atoms with Gasteiger partial charge in [0.15, 0.2) is 0 Å². The number of aromatic nitrogens is 1. The molecule has 2 atom stereocenters. The lowest BCUT2D eigenvalue weighted by Crippen LogP contribution is -2.28. The van der Waals surface area contributed by atoms with E-state index < -0.39 is 22.8 Å². The number of rotatable bonds is 4. The molecule has 1 saturated heterocycles. The Kier molecular flexibility index (Phi) is 4.14. The summed E-state index contributed by atoms with van der Waals surface area (Å²) in [7, 11) is 0. The molecule has 8 heteroatoms. The second-order valence-electron chi connectivity index (χ2n) is 5.56. The number of nitrogens with zero attached hydrogens (tertiary/aromatic N) is 2. The monoisotopic (exact) mass is 308 g/mol. The number of carbonyl (C=O) groups is 3. The van der Waals surface area contributed by atoms with Crippen LogP contribution < -0.4 is 0 Å². The van der Waals surface area contributed by atoms with Crippen LogP contribution in [0.15, 0.2) is 24.5 Å². The van der Waals surface area contributed by atoms with Gasteiger partial charge in [-0.2, -0.15) is 0 Å². The number of likely N-dealkylation sites (tertiary alicyclic amines) is 1. The lowest BCUT2D eigenvalue weighted by molar-refractivity contribution is -0.151. The Labute approximate surface area is 126 Å². The van der Waals surface area contributed by atoms with Crippen LogP contribution in [-0.2, 0) is 20.9 Å². The SMILES string of the molecule is O=C(O)[C@@]12CN(Cc3ccncc3)C[C@]1(C(=O)O)C2.O=CO. The maximum Gasteiger partial charge on any atom is 0.312 e. The summed E-state index contributed by atoms with van der Waals surface area (Å²) in [5.41, 5.74) is -1.17. The minimum Gasteiger partial charge on any atom is -0.483 e. The van der Waals surface area contributed by atoms with E-state index in [4.69, 9.17) is 9.90 Å². The Balaban J connectivity index is 0.000000545. The lowest BCUT2D eigenvalue weighted by atomic mass is 9.97. The van der Waals surface area contributed by atoms with Gasteiger partial charge in [-0.3, -0.25) is 24.3 Å². The van der Waals surface area contributed by atoms with Crippen molar-refractivity contribution < 1.29 is 29.7 Å². The zero-order valence-electron chi connectivity index (χ0n) is 11.7. The van der Waals surface area contributed by atoms with E-state index in [9.17, 15) is 19.8 Å². The van der Waals surface area contributed by atoms with E-state index in [1.165, 1.54) is 0 Å². The Bertz CT molecular complexity index is 564. The van der Waals surface area contributed by atoms with Gasteiger partial charge in [-0.15, -0.1) is 0 Å². The fraction of sp³-hybridized carbons (Fsp3) is 0.429. The number of piperidine rings is 1. The first kappa shape index (κ1) is 15.9. The van der Waals surface area contributed by atoms with Gasteiger partial charge >= 0.3 is 11.9 Å². The van der Waals surface area contributed by atoms with Crippen LogP contribution in [0.1, 0.15) is 12.0 Å². The van der Waals surface area contributed by atoms with Crippen LogP contribution in [0.2, 0.25) is 0 Å². The van der Waals surface area contributed by atoms with Gasteiger partial charge in [0.25, 0.3) is 6.47 Å². The molecule has 0 unspecified atom stereocenters. The van der Waals surface area contributed by atoms with E-state index in [1.54, 1.807) is 12.4 Å². The molecule has 1 aliphatic heterocycles. The number of aliphatic carboxylic acids is 2. The van der Waals surface area contributed by atoms with Gasteiger partial charge < -0.3 is 15.3 Å². The smallest absolute Gasteiger partial charge is 0.312 e. The third-order valence-electron chi connectivity index (χ3n) is 4.36. The summed E-state index contributed by atoms with van der Waals surface area (Å²) >= 11 is 0. The molecule has 1 saturated carbocycles. The second-order valence-corrected chi connectivity index (χ2v) is 5.56. The first-order valence-corrected chi connectivity index (χ1v) is 6.58. The molecule has 3 N–H and O–H groups in total. The summed E-state index contributed by atoms with van der Waals surface area (Å²) in [6.07, 6.45) is 3.59. The molecule has 2 aliphatic rings. The molecule has 1 aromatic heterocycles. The maximum atomic E-state index is 11.4. The largest absolute Gasteiger partial charge is 0.483 e. The number of carboxylic acid groups (broad SMARTS) is 3. The first-order chi connectivity index (χ1) is 10.4. The molecule has 3 rings (SSSR count). The van der Waals surface area contributed by atoms with Crippen molar-refractivity contribution >= 4 is 18.4 Å². The van der Waals surface area contributed by atoms with Crippen molar-refractivity contribution in [3.63, 3.8) is 0 Å². The highest BCUT2D eigenvalue weighted by atomic mass is 16.4. The number of carboxylic acids is 2. The summed E-state index contributed by atoms with van der Waals surface area (Å²) in [6, 6.07) is 3.70. The summed E-state index contributed by atoms with van der Waals surface area (Å²) < 4.78 is 0. The zero-order chi connectivity index (χ0) is 16.4. The van der Waals surface area contributed by atoms with Crippen LogP contribution in [0.25, 0.3) is 0 Å². The van der Waals surface area contributed by atoms with Gasteiger partial charge in [-0.05, 0) is 24.1 Å².